The first-order valence-corrected chi connectivity index (χ1v) is 22.8. The molecule has 6 heteroatoms. The highest BCUT2D eigenvalue weighted by Gasteiger charge is 2.45. The molecule has 0 spiro atoms. The normalized spacial score (nSPS) is 12.7. The summed E-state index contributed by atoms with van der Waals surface area (Å²) < 4.78 is 0. The van der Waals surface area contributed by atoms with Crippen molar-refractivity contribution >= 4 is 100 Å². The molecular formula is C61H38BN5. The second-order valence-corrected chi connectivity index (χ2v) is 17.7. The summed E-state index contributed by atoms with van der Waals surface area (Å²) in [6, 6.07) is 80.4. The number of hydrogen-bond acceptors (Lipinski definition) is 5. The van der Waals surface area contributed by atoms with Gasteiger partial charge in [0, 0.05) is 50.5 Å². The van der Waals surface area contributed by atoms with Gasteiger partial charge in [-0.05, 0) is 132 Å². The first-order chi connectivity index (χ1) is 33.2. The molecule has 0 unspecified atom stereocenters. The zero-order valence-corrected chi connectivity index (χ0v) is 36.3. The molecule has 12 aromatic rings. The van der Waals surface area contributed by atoms with E-state index < -0.39 is 0 Å². The minimum atomic E-state index is -0.103. The van der Waals surface area contributed by atoms with Gasteiger partial charge in [0.05, 0.1) is 0 Å². The maximum Gasteiger partial charge on any atom is 0.252 e. The molecule has 2 aliphatic heterocycles. The molecule has 0 saturated heterocycles. The maximum atomic E-state index is 4.79. The van der Waals surface area contributed by atoms with Crippen LogP contribution in [0.1, 0.15) is 0 Å². The van der Waals surface area contributed by atoms with Crippen LogP contribution in [0.3, 0.4) is 0 Å². The quantitative estimate of drug-likeness (QED) is 0.127. The smallest absolute Gasteiger partial charge is 0.252 e. The Balaban J connectivity index is 1.11. The Hall–Kier alpha value is -8.87. The van der Waals surface area contributed by atoms with Crippen LogP contribution in [0.25, 0.3) is 76.7 Å². The van der Waals surface area contributed by atoms with Crippen molar-refractivity contribution in [1.82, 2.24) is 15.0 Å². The molecular weight excluding hydrogens is 814 g/mol. The lowest BCUT2D eigenvalue weighted by atomic mass is 9.33. The van der Waals surface area contributed by atoms with Crippen molar-refractivity contribution < 1.29 is 0 Å². The number of fused-ring (bicyclic) bond motifs is 10. The Morgan fingerprint density at radius 1 is 0.328 bits per heavy atom. The van der Waals surface area contributed by atoms with E-state index in [9.17, 15) is 0 Å². The van der Waals surface area contributed by atoms with Gasteiger partial charge in [-0.25, -0.2) is 15.0 Å². The van der Waals surface area contributed by atoms with E-state index in [1.54, 1.807) is 12.7 Å². The molecule has 3 heterocycles. The topological polar surface area (TPSA) is 45.2 Å². The second kappa shape index (κ2) is 14.8. The van der Waals surface area contributed by atoms with Crippen LogP contribution in [-0.2, 0) is 0 Å². The summed E-state index contributed by atoms with van der Waals surface area (Å²) in [6.07, 6.45) is 3.19. The van der Waals surface area contributed by atoms with Gasteiger partial charge in [0.25, 0.3) is 6.71 Å². The zero-order valence-electron chi connectivity index (χ0n) is 36.3. The Kier molecular flexibility index (Phi) is 8.31. The van der Waals surface area contributed by atoms with Gasteiger partial charge in [-0.3, -0.25) is 0 Å². The van der Waals surface area contributed by atoms with Crippen molar-refractivity contribution in [3.8, 4) is 33.6 Å². The van der Waals surface area contributed by atoms with E-state index in [0.29, 0.717) is 5.82 Å². The molecule has 2 aliphatic rings. The van der Waals surface area contributed by atoms with Crippen LogP contribution >= 0.6 is 0 Å². The van der Waals surface area contributed by atoms with Crippen molar-refractivity contribution in [3.63, 3.8) is 0 Å². The number of rotatable bonds is 5. The first-order valence-electron chi connectivity index (χ1n) is 22.8. The van der Waals surface area contributed by atoms with Crippen LogP contribution in [0.2, 0.25) is 0 Å². The third-order valence-corrected chi connectivity index (χ3v) is 14.0. The number of benzene rings is 11. The van der Waals surface area contributed by atoms with Crippen molar-refractivity contribution in [2.75, 3.05) is 9.80 Å². The van der Waals surface area contributed by atoms with Gasteiger partial charge in [0.1, 0.15) is 12.7 Å². The SMILES string of the molecule is c1ccc(-c2ccc(N3c4cc(-c5ncncn5)cc5c4B(c4ccc6cc7ccccc7cc6c43)c3ccc4cc6ccccc6cc4c3N5c3ccc(-c4ccccc4)cc3)cc2)cc1. The lowest BCUT2D eigenvalue weighted by molar-refractivity contribution is 1.06. The predicted octanol–water partition coefficient (Wildman–Crippen LogP) is 13.6. The summed E-state index contributed by atoms with van der Waals surface area (Å²) >= 11 is 0. The zero-order chi connectivity index (χ0) is 44.0. The molecule has 310 valence electrons. The van der Waals surface area contributed by atoms with E-state index in [-0.39, 0.29) is 6.71 Å². The van der Waals surface area contributed by atoms with Crippen LogP contribution in [-0.4, -0.2) is 21.7 Å². The van der Waals surface area contributed by atoms with Crippen LogP contribution in [0.4, 0.5) is 34.1 Å². The number of anilines is 6. The molecule has 0 atom stereocenters. The molecule has 0 N–H and O–H groups in total. The summed E-state index contributed by atoms with van der Waals surface area (Å²) in [6.45, 7) is -0.103. The monoisotopic (exact) mass is 851 g/mol. The summed E-state index contributed by atoms with van der Waals surface area (Å²) in [5.74, 6) is 0.619. The lowest BCUT2D eigenvalue weighted by Gasteiger charge is -2.45. The molecule has 0 aliphatic carbocycles. The molecule has 5 nitrogen and oxygen atoms in total. The molecule has 14 rings (SSSR count). The summed E-state index contributed by atoms with van der Waals surface area (Å²) in [7, 11) is 0. The van der Waals surface area contributed by atoms with Crippen LogP contribution in [0.5, 0.6) is 0 Å². The second-order valence-electron chi connectivity index (χ2n) is 17.7. The minimum Gasteiger partial charge on any atom is -0.311 e. The fourth-order valence-electron chi connectivity index (χ4n) is 10.9. The highest BCUT2D eigenvalue weighted by molar-refractivity contribution is 7.00. The van der Waals surface area contributed by atoms with Crippen LogP contribution in [0.15, 0.2) is 231 Å². The van der Waals surface area contributed by atoms with Gasteiger partial charge in [-0.2, -0.15) is 0 Å². The Labute approximate surface area is 388 Å². The molecule has 0 saturated carbocycles. The van der Waals surface area contributed by atoms with Gasteiger partial charge in [-0.1, -0.05) is 158 Å². The Morgan fingerprint density at radius 3 is 1.18 bits per heavy atom. The van der Waals surface area contributed by atoms with Gasteiger partial charge in [0.2, 0.25) is 0 Å². The molecule has 0 bridgehead atoms. The van der Waals surface area contributed by atoms with E-state index in [4.69, 9.17) is 9.97 Å². The summed E-state index contributed by atoms with van der Waals surface area (Å²) in [4.78, 5) is 18.9. The fraction of sp³-hybridized carbons (Fsp3) is 0. The van der Waals surface area contributed by atoms with E-state index in [0.717, 1.165) is 28.3 Å². The first kappa shape index (κ1) is 37.5. The van der Waals surface area contributed by atoms with E-state index in [1.807, 2.05) is 0 Å². The van der Waals surface area contributed by atoms with Gasteiger partial charge < -0.3 is 9.80 Å². The van der Waals surface area contributed by atoms with Crippen LogP contribution < -0.4 is 26.2 Å². The summed E-state index contributed by atoms with van der Waals surface area (Å²) in [5.41, 5.74) is 16.1. The molecule has 11 aromatic carbocycles. The fourth-order valence-corrected chi connectivity index (χ4v) is 10.9. The average molecular weight is 852 g/mol. The minimum absolute atomic E-state index is 0.103. The third kappa shape index (κ3) is 5.93. The van der Waals surface area contributed by atoms with Crippen LogP contribution in [0, 0.1) is 0 Å². The van der Waals surface area contributed by atoms with Crippen molar-refractivity contribution in [3.05, 3.63) is 231 Å². The van der Waals surface area contributed by atoms with Gasteiger partial charge in [-0.15, -0.1) is 0 Å². The van der Waals surface area contributed by atoms with Crippen molar-refractivity contribution in [2.45, 2.75) is 0 Å². The molecule has 0 amide bonds. The Morgan fingerprint density at radius 2 is 0.731 bits per heavy atom. The lowest BCUT2D eigenvalue weighted by Crippen LogP contribution is -2.61. The Bertz CT molecular complexity index is 3680. The largest absolute Gasteiger partial charge is 0.311 e. The molecule has 0 fully saturated rings. The molecule has 67 heavy (non-hydrogen) atoms. The number of nitrogens with zero attached hydrogens (tertiary/aromatic N) is 5. The van der Waals surface area contributed by atoms with Crippen molar-refractivity contribution in [2.24, 2.45) is 0 Å². The maximum absolute atomic E-state index is 4.79. The van der Waals surface area contributed by atoms with Gasteiger partial charge >= 0.3 is 0 Å². The van der Waals surface area contributed by atoms with Gasteiger partial charge in [0.15, 0.2) is 5.82 Å². The number of aromatic nitrogens is 3. The van der Waals surface area contributed by atoms with E-state index >= 15 is 0 Å². The summed E-state index contributed by atoms with van der Waals surface area (Å²) in [5, 5.41) is 9.66. The number of hydrogen-bond donors (Lipinski definition) is 0. The standard InChI is InChI=1S/C61H38BN5/c1-3-11-39(12-4-1)41-19-25-50(26-20-41)66-56-35-49(61-64-37-63-38-65-61)36-57-58(56)62(54-29-23-47-31-43-15-7-9-17-45(43)33-52(47)59(54)66)55-30-24-48-32-44-16-8-10-18-46(44)34-53(48)60(55)67(57)51-27-21-42(22-28-51)40-13-5-2-6-14-40/h1-38H. The van der Waals surface area contributed by atoms with E-state index in [2.05, 4.69) is 233 Å². The molecule has 1 aromatic heterocycles. The van der Waals surface area contributed by atoms with Crippen molar-refractivity contribution in [1.29, 1.82) is 0 Å². The average Bonchev–Trinajstić information content (AvgIpc) is 3.40. The highest BCUT2D eigenvalue weighted by Crippen LogP contribution is 2.49. The highest BCUT2D eigenvalue weighted by atomic mass is 15.2. The third-order valence-electron chi connectivity index (χ3n) is 14.0. The molecule has 0 radical (unpaired) electrons. The predicted molar refractivity (Wildman–Crippen MR) is 280 cm³/mol. The van der Waals surface area contributed by atoms with E-state index in [1.165, 1.54) is 93.1 Å².